The molecule has 0 amide bonds. The van der Waals surface area contributed by atoms with Gasteiger partial charge in [0.25, 0.3) is 0 Å². The van der Waals surface area contributed by atoms with Gasteiger partial charge in [-0.1, -0.05) is 38.0 Å². The Bertz CT molecular complexity index is 268. The van der Waals surface area contributed by atoms with Gasteiger partial charge >= 0.3 is 0 Å². The van der Waals surface area contributed by atoms with Gasteiger partial charge in [0.05, 0.1) is 0 Å². The minimum Gasteiger partial charge on any atom is -0.440 e. The molecule has 0 aliphatic carbocycles. The lowest BCUT2D eigenvalue weighted by Gasteiger charge is -2.02. The second-order valence-electron chi connectivity index (χ2n) is 2.34. The molecule has 0 aliphatic heterocycles. The molecule has 0 atom stereocenters. The number of nitrogens with zero attached hydrogens (tertiary/aromatic N) is 1. The summed E-state index contributed by atoms with van der Waals surface area (Å²) in [6.07, 6.45) is 8.63. The summed E-state index contributed by atoms with van der Waals surface area (Å²) in [7, 11) is 0. The van der Waals surface area contributed by atoms with E-state index < -0.39 is 0 Å². The van der Waals surface area contributed by atoms with Crippen LogP contribution in [0.25, 0.3) is 0 Å². The van der Waals surface area contributed by atoms with Crippen molar-refractivity contribution in [1.29, 1.82) is 0 Å². The smallest absolute Gasteiger partial charge is 0.218 e. The van der Waals surface area contributed by atoms with Crippen molar-refractivity contribution in [3.8, 4) is 0 Å². The molecule has 0 aromatic heterocycles. The molecule has 0 aromatic rings. The lowest BCUT2D eigenvalue weighted by Crippen LogP contribution is -1.85. The number of ether oxygens (including phenoxy) is 1. The van der Waals surface area contributed by atoms with Crippen molar-refractivity contribution >= 4 is 6.72 Å². The average Bonchev–Trinajstić information content (AvgIpc) is 2.28. The fourth-order valence-electron chi connectivity index (χ4n) is 0.396. The summed E-state index contributed by atoms with van der Waals surface area (Å²) in [4.78, 5) is 3.57. The van der Waals surface area contributed by atoms with Crippen molar-refractivity contribution in [3.05, 3.63) is 61.8 Å². The van der Waals surface area contributed by atoms with Crippen molar-refractivity contribution in [2.24, 2.45) is 4.99 Å². The van der Waals surface area contributed by atoms with Crippen LogP contribution < -0.4 is 0 Å². The van der Waals surface area contributed by atoms with Crippen molar-refractivity contribution < 1.29 is 4.74 Å². The second kappa shape index (κ2) is 12.2. The minimum absolute atomic E-state index is 0.366. The van der Waals surface area contributed by atoms with Gasteiger partial charge in [-0.25, -0.2) is 4.99 Å². The highest BCUT2D eigenvalue weighted by Gasteiger charge is 1.91. The highest BCUT2D eigenvalue weighted by atomic mass is 16.5. The maximum absolute atomic E-state index is 5.04. The van der Waals surface area contributed by atoms with E-state index >= 15 is 0 Å². The highest BCUT2D eigenvalue weighted by Crippen LogP contribution is 2.05. The molecule has 0 unspecified atom stereocenters. The Kier molecular flexibility index (Phi) is 12.7. The number of hydrogen-bond donors (Lipinski definition) is 0. The summed E-state index contributed by atoms with van der Waals surface area (Å²) in [5, 5.41) is 0. The summed E-state index contributed by atoms with van der Waals surface area (Å²) in [6, 6.07) is 0. The Hall–Kier alpha value is -1.83. The van der Waals surface area contributed by atoms with Crippen molar-refractivity contribution in [2.45, 2.75) is 13.8 Å². The van der Waals surface area contributed by atoms with Gasteiger partial charge in [0, 0.05) is 6.08 Å². The lowest BCUT2D eigenvalue weighted by molar-refractivity contribution is 0.320. The lowest BCUT2D eigenvalue weighted by atomic mass is 10.5. The maximum Gasteiger partial charge on any atom is 0.218 e. The molecule has 0 radical (unpaired) electrons. The molecule has 0 saturated heterocycles. The van der Waals surface area contributed by atoms with E-state index in [0.717, 1.165) is 0 Å². The first-order valence-electron chi connectivity index (χ1n) is 4.52. The zero-order valence-corrected chi connectivity index (χ0v) is 9.57. The molecule has 2 heteroatoms. The quantitative estimate of drug-likeness (QED) is 0.287. The van der Waals surface area contributed by atoms with Crippen molar-refractivity contribution in [3.63, 3.8) is 0 Å². The molecule has 0 heterocycles. The molecule has 0 saturated carbocycles. The topological polar surface area (TPSA) is 21.6 Å². The summed E-state index contributed by atoms with van der Waals surface area (Å²) < 4.78 is 5.04. The van der Waals surface area contributed by atoms with Crippen LogP contribution >= 0.6 is 0 Å². The predicted octanol–water partition coefficient (Wildman–Crippen LogP) is 4.01. The Morgan fingerprint density at radius 1 is 1.20 bits per heavy atom. The molecule has 15 heavy (non-hydrogen) atoms. The van der Waals surface area contributed by atoms with Crippen molar-refractivity contribution in [1.82, 2.24) is 0 Å². The maximum atomic E-state index is 5.04. The van der Waals surface area contributed by atoms with E-state index in [9.17, 15) is 0 Å². The highest BCUT2D eigenvalue weighted by molar-refractivity contribution is 5.28. The van der Waals surface area contributed by atoms with Crippen LogP contribution in [0.5, 0.6) is 0 Å². The zero-order valence-electron chi connectivity index (χ0n) is 9.57. The Balaban J connectivity index is 0. The molecule has 0 aromatic carbocycles. The van der Waals surface area contributed by atoms with Crippen LogP contribution in [0.4, 0.5) is 0 Å². The minimum atomic E-state index is 0.366. The van der Waals surface area contributed by atoms with Gasteiger partial charge in [-0.15, -0.1) is 0 Å². The summed E-state index contributed by atoms with van der Waals surface area (Å²) >= 11 is 0. The first-order chi connectivity index (χ1) is 7.15. The molecular weight excluding hydrogens is 186 g/mol. The predicted molar refractivity (Wildman–Crippen MR) is 68.7 cm³/mol. The van der Waals surface area contributed by atoms with Crippen LogP contribution in [0.2, 0.25) is 0 Å². The van der Waals surface area contributed by atoms with Gasteiger partial charge in [-0.2, -0.15) is 0 Å². The van der Waals surface area contributed by atoms with Gasteiger partial charge in [-0.3, -0.25) is 0 Å². The van der Waals surface area contributed by atoms with Gasteiger partial charge in [0.2, 0.25) is 5.88 Å². The number of hydrogen-bond acceptors (Lipinski definition) is 2. The fraction of sp³-hybridized carbons (Fsp3) is 0.154. The van der Waals surface area contributed by atoms with Gasteiger partial charge in [0.1, 0.15) is 5.76 Å². The van der Waals surface area contributed by atoms with Gasteiger partial charge in [0.15, 0.2) is 0 Å². The van der Waals surface area contributed by atoms with Crippen LogP contribution in [0.3, 0.4) is 0 Å². The van der Waals surface area contributed by atoms with E-state index in [0.29, 0.717) is 11.6 Å². The summed E-state index contributed by atoms with van der Waals surface area (Å²) in [6.45, 7) is 17.8. The van der Waals surface area contributed by atoms with E-state index in [1.807, 2.05) is 26.0 Å². The molecule has 0 rings (SSSR count). The van der Waals surface area contributed by atoms with Crippen LogP contribution in [0.1, 0.15) is 13.8 Å². The number of allylic oxidation sites excluding steroid dienone is 5. The molecule has 0 aliphatic rings. The normalized spacial score (nSPS) is 9.87. The van der Waals surface area contributed by atoms with Crippen LogP contribution in [-0.2, 0) is 4.74 Å². The summed E-state index contributed by atoms with van der Waals surface area (Å²) in [5.74, 6) is 0.801. The van der Waals surface area contributed by atoms with Gasteiger partial charge < -0.3 is 4.74 Å². The largest absolute Gasteiger partial charge is 0.440 e. The Morgan fingerprint density at radius 3 is 2.00 bits per heavy atom. The molecule has 0 spiro atoms. The molecule has 0 bridgehead atoms. The van der Waals surface area contributed by atoms with E-state index in [-0.39, 0.29) is 0 Å². The van der Waals surface area contributed by atoms with Crippen LogP contribution in [0.15, 0.2) is 66.8 Å². The van der Waals surface area contributed by atoms with E-state index in [1.54, 1.807) is 12.2 Å². The van der Waals surface area contributed by atoms with E-state index in [4.69, 9.17) is 4.74 Å². The Labute approximate surface area is 92.7 Å². The first kappa shape index (κ1) is 15.6. The third kappa shape index (κ3) is 12.2. The van der Waals surface area contributed by atoms with Gasteiger partial charge in [-0.05, 0) is 26.6 Å². The molecule has 0 fully saturated rings. The Morgan fingerprint density at radius 2 is 1.73 bits per heavy atom. The fourth-order valence-corrected chi connectivity index (χ4v) is 0.396. The van der Waals surface area contributed by atoms with Crippen LogP contribution in [-0.4, -0.2) is 6.72 Å². The summed E-state index contributed by atoms with van der Waals surface area (Å²) in [5.41, 5.74) is 0. The van der Waals surface area contributed by atoms with Crippen LogP contribution in [0, 0.1) is 0 Å². The SMILES string of the molecule is C/C=C\C.C=C/C=C(\N=C)OC(=C)C=C. The molecule has 82 valence electrons. The standard InChI is InChI=1S/C9H11NO.C4H8/c1-5-7-9(10-4)11-8(3)6-2;1-3-4-2/h5-7H,1-4H2;3-4H,1-2H3/b9-7+;4-3-. The number of aliphatic imine (C=N–C) groups is 1. The van der Waals surface area contributed by atoms with E-state index in [2.05, 4.69) is 31.4 Å². The third-order valence-corrected chi connectivity index (χ3v) is 1.21. The van der Waals surface area contributed by atoms with E-state index in [1.165, 1.54) is 6.08 Å². The zero-order chi connectivity index (χ0) is 12.1. The monoisotopic (exact) mass is 205 g/mol. The number of rotatable bonds is 5. The second-order valence-corrected chi connectivity index (χ2v) is 2.34. The molecular formula is C13H19NO. The first-order valence-corrected chi connectivity index (χ1v) is 4.52. The molecule has 0 N–H and O–H groups in total. The third-order valence-electron chi connectivity index (χ3n) is 1.21. The van der Waals surface area contributed by atoms with Crippen molar-refractivity contribution in [2.75, 3.05) is 0 Å². The molecule has 2 nitrogen and oxygen atoms in total. The average molecular weight is 205 g/mol.